The molecule has 1 saturated carbocycles. The molecule has 0 radical (unpaired) electrons. The van der Waals surface area contributed by atoms with E-state index < -0.39 is 0 Å². The Balaban J connectivity index is 1.45. The van der Waals surface area contributed by atoms with Crippen molar-refractivity contribution < 1.29 is 14.3 Å². The van der Waals surface area contributed by atoms with Crippen molar-refractivity contribution in [2.45, 2.75) is 57.9 Å². The monoisotopic (exact) mass is 423 g/mol. The van der Waals surface area contributed by atoms with Crippen LogP contribution in [0.2, 0.25) is 0 Å². The average molecular weight is 424 g/mol. The first-order chi connectivity index (χ1) is 15.1. The minimum Gasteiger partial charge on any atom is -0.494 e. The lowest BCUT2D eigenvalue weighted by molar-refractivity contribution is -0.114. The van der Waals surface area contributed by atoms with Crippen LogP contribution in [0.4, 0.5) is 11.4 Å². The summed E-state index contributed by atoms with van der Waals surface area (Å²) in [4.78, 5) is 24.8. The summed E-state index contributed by atoms with van der Waals surface area (Å²) in [7, 11) is 0. The molecule has 3 rings (SSSR count). The van der Waals surface area contributed by atoms with Crippen molar-refractivity contribution in [2.75, 3.05) is 23.8 Å². The lowest BCUT2D eigenvalue weighted by Crippen LogP contribution is -2.36. The fraction of sp³-hybridized carbons (Fsp3) is 0.440. The van der Waals surface area contributed by atoms with Gasteiger partial charge in [-0.15, -0.1) is 0 Å². The van der Waals surface area contributed by atoms with Gasteiger partial charge in [-0.25, -0.2) is 0 Å². The van der Waals surface area contributed by atoms with Crippen LogP contribution in [-0.2, 0) is 4.79 Å². The SMILES string of the molecule is CCCCOc1ccc(NC(=O)CNc2cccc(C(=O)NC3CCCCC3)c2)cc1. The molecule has 6 heteroatoms. The van der Waals surface area contributed by atoms with Gasteiger partial charge in [-0.3, -0.25) is 9.59 Å². The van der Waals surface area contributed by atoms with Gasteiger partial charge in [0.25, 0.3) is 5.91 Å². The van der Waals surface area contributed by atoms with Crippen molar-refractivity contribution in [3.05, 3.63) is 54.1 Å². The molecule has 0 aromatic heterocycles. The number of carbonyl (C=O) groups is 2. The molecule has 0 bridgehead atoms. The standard InChI is InChI=1S/C25H33N3O3/c1-2-3-16-31-23-14-12-21(13-15-23)27-24(29)18-26-22-11-7-8-19(17-22)25(30)28-20-9-5-4-6-10-20/h7-8,11-15,17,20,26H,2-6,9-10,16,18H2,1H3,(H,27,29)(H,28,30). The number of ether oxygens (including phenoxy) is 1. The van der Waals surface area contributed by atoms with Crippen molar-refractivity contribution in [3.8, 4) is 5.75 Å². The Bertz CT molecular complexity index is 845. The third-order valence-electron chi connectivity index (χ3n) is 5.42. The normalized spacial score (nSPS) is 14.0. The molecule has 1 fully saturated rings. The van der Waals surface area contributed by atoms with E-state index in [1.165, 1.54) is 19.3 Å². The first-order valence-corrected chi connectivity index (χ1v) is 11.3. The van der Waals surface area contributed by atoms with E-state index in [-0.39, 0.29) is 24.4 Å². The number of hydrogen-bond donors (Lipinski definition) is 3. The molecule has 2 aromatic carbocycles. The van der Waals surface area contributed by atoms with Crippen LogP contribution in [0.15, 0.2) is 48.5 Å². The average Bonchev–Trinajstić information content (AvgIpc) is 2.80. The lowest BCUT2D eigenvalue weighted by atomic mass is 9.95. The van der Waals surface area contributed by atoms with Crippen LogP contribution in [0.5, 0.6) is 5.75 Å². The third-order valence-corrected chi connectivity index (χ3v) is 5.42. The zero-order valence-electron chi connectivity index (χ0n) is 18.3. The predicted molar refractivity (Wildman–Crippen MR) is 125 cm³/mol. The third kappa shape index (κ3) is 7.63. The van der Waals surface area contributed by atoms with Crippen LogP contribution < -0.4 is 20.7 Å². The van der Waals surface area contributed by atoms with Gasteiger partial charge >= 0.3 is 0 Å². The number of hydrogen-bond acceptors (Lipinski definition) is 4. The number of benzene rings is 2. The Labute approximate surface area is 184 Å². The summed E-state index contributed by atoms with van der Waals surface area (Å²) in [6.45, 7) is 2.94. The maximum absolute atomic E-state index is 12.5. The maximum atomic E-state index is 12.5. The number of amides is 2. The smallest absolute Gasteiger partial charge is 0.251 e. The molecule has 0 heterocycles. The molecule has 0 saturated heterocycles. The Morgan fingerprint density at radius 1 is 1.00 bits per heavy atom. The van der Waals surface area contributed by atoms with Crippen LogP contribution in [0.1, 0.15) is 62.2 Å². The number of unbranched alkanes of at least 4 members (excludes halogenated alkanes) is 1. The van der Waals surface area contributed by atoms with Crippen molar-refractivity contribution in [1.82, 2.24) is 5.32 Å². The van der Waals surface area contributed by atoms with Crippen molar-refractivity contribution in [2.24, 2.45) is 0 Å². The molecule has 0 atom stereocenters. The van der Waals surface area contributed by atoms with Crippen LogP contribution in [0.3, 0.4) is 0 Å². The number of rotatable bonds is 10. The summed E-state index contributed by atoms with van der Waals surface area (Å²) in [6.07, 6.45) is 7.82. The quantitative estimate of drug-likeness (QED) is 0.471. The first kappa shape index (κ1) is 22.7. The van der Waals surface area contributed by atoms with Gasteiger partial charge in [0.1, 0.15) is 5.75 Å². The van der Waals surface area contributed by atoms with E-state index in [9.17, 15) is 9.59 Å². The van der Waals surface area contributed by atoms with E-state index in [0.717, 1.165) is 42.8 Å². The second kappa shape index (κ2) is 12.0. The molecule has 31 heavy (non-hydrogen) atoms. The molecule has 2 amide bonds. The summed E-state index contributed by atoms with van der Waals surface area (Å²) in [5.41, 5.74) is 2.07. The van der Waals surface area contributed by atoms with Crippen LogP contribution in [-0.4, -0.2) is 31.0 Å². The predicted octanol–water partition coefficient (Wildman–Crippen LogP) is 4.98. The van der Waals surface area contributed by atoms with E-state index in [1.54, 1.807) is 12.1 Å². The summed E-state index contributed by atoms with van der Waals surface area (Å²) < 4.78 is 5.63. The highest BCUT2D eigenvalue weighted by Gasteiger charge is 2.16. The highest BCUT2D eigenvalue weighted by atomic mass is 16.5. The topological polar surface area (TPSA) is 79.5 Å². The number of anilines is 2. The van der Waals surface area contributed by atoms with Gasteiger partial charge in [-0.05, 0) is 61.7 Å². The molecule has 3 N–H and O–H groups in total. The minimum atomic E-state index is -0.156. The maximum Gasteiger partial charge on any atom is 0.251 e. The van der Waals surface area contributed by atoms with Gasteiger partial charge in [0.05, 0.1) is 13.2 Å². The van der Waals surface area contributed by atoms with E-state index in [1.807, 2.05) is 36.4 Å². The summed E-state index contributed by atoms with van der Waals surface area (Å²) in [5, 5.41) is 9.08. The van der Waals surface area contributed by atoms with Gasteiger partial charge in [0.15, 0.2) is 0 Å². The highest BCUT2D eigenvalue weighted by Crippen LogP contribution is 2.19. The molecule has 166 valence electrons. The van der Waals surface area contributed by atoms with Crippen LogP contribution >= 0.6 is 0 Å². The number of carbonyl (C=O) groups excluding carboxylic acids is 2. The summed E-state index contributed by atoms with van der Waals surface area (Å²) >= 11 is 0. The second-order valence-corrected chi connectivity index (χ2v) is 8.02. The molecular weight excluding hydrogens is 390 g/mol. The van der Waals surface area contributed by atoms with Crippen LogP contribution in [0, 0.1) is 0 Å². The zero-order chi connectivity index (χ0) is 21.9. The molecule has 2 aromatic rings. The van der Waals surface area contributed by atoms with Crippen molar-refractivity contribution >= 4 is 23.2 Å². The fourth-order valence-corrected chi connectivity index (χ4v) is 3.64. The molecule has 1 aliphatic carbocycles. The van der Waals surface area contributed by atoms with Crippen LogP contribution in [0.25, 0.3) is 0 Å². The fourth-order valence-electron chi connectivity index (χ4n) is 3.64. The van der Waals surface area contributed by atoms with Crippen molar-refractivity contribution in [1.29, 1.82) is 0 Å². The molecule has 0 unspecified atom stereocenters. The second-order valence-electron chi connectivity index (χ2n) is 8.02. The van der Waals surface area contributed by atoms with Gasteiger partial charge in [0.2, 0.25) is 5.91 Å². The molecular formula is C25H33N3O3. The lowest BCUT2D eigenvalue weighted by Gasteiger charge is -2.22. The van der Waals surface area contributed by atoms with E-state index in [0.29, 0.717) is 12.2 Å². The van der Waals surface area contributed by atoms with E-state index >= 15 is 0 Å². The van der Waals surface area contributed by atoms with Gasteiger partial charge < -0.3 is 20.7 Å². The minimum absolute atomic E-state index is 0.0544. The first-order valence-electron chi connectivity index (χ1n) is 11.3. The molecule has 1 aliphatic rings. The Morgan fingerprint density at radius 2 is 1.77 bits per heavy atom. The van der Waals surface area contributed by atoms with E-state index in [4.69, 9.17) is 4.74 Å². The van der Waals surface area contributed by atoms with Crippen molar-refractivity contribution in [3.63, 3.8) is 0 Å². The largest absolute Gasteiger partial charge is 0.494 e. The summed E-state index contributed by atoms with van der Waals surface area (Å²) in [6, 6.07) is 14.9. The Kier molecular flexibility index (Phi) is 8.76. The summed E-state index contributed by atoms with van der Waals surface area (Å²) in [5.74, 6) is 0.589. The number of nitrogens with one attached hydrogen (secondary N) is 3. The molecule has 0 spiro atoms. The molecule has 6 nitrogen and oxygen atoms in total. The Hall–Kier alpha value is -3.02. The highest BCUT2D eigenvalue weighted by molar-refractivity contribution is 5.96. The Morgan fingerprint density at radius 3 is 2.52 bits per heavy atom. The zero-order valence-corrected chi connectivity index (χ0v) is 18.3. The van der Waals surface area contributed by atoms with Gasteiger partial charge in [-0.1, -0.05) is 38.7 Å². The van der Waals surface area contributed by atoms with E-state index in [2.05, 4.69) is 22.9 Å². The molecule has 0 aliphatic heterocycles. The van der Waals surface area contributed by atoms with Gasteiger partial charge in [-0.2, -0.15) is 0 Å². The van der Waals surface area contributed by atoms with Gasteiger partial charge in [0, 0.05) is 23.0 Å².